The highest BCUT2D eigenvalue weighted by Gasteiger charge is 2.35. The van der Waals surface area contributed by atoms with Crippen LogP contribution in [0.5, 0.6) is 17.2 Å². The highest BCUT2D eigenvalue weighted by Crippen LogP contribution is 2.32. The fourth-order valence-corrected chi connectivity index (χ4v) is 4.52. The maximum absolute atomic E-state index is 13.5. The molecule has 1 fully saturated rings. The van der Waals surface area contributed by atoms with Crippen LogP contribution in [0.15, 0.2) is 91.0 Å². The standard InChI is InChI=1S/C29H26N2O4/c1-34-21-11-7-12-22(19-21)35-27-17-5-4-15-25(27)30-28(32)26-16-8-18-31(26)29(33)24-14-6-10-20-9-2-3-13-23(20)24/h2-7,9-15,17,19,26H,8,16,18H2,1H3,(H,30,32). The van der Waals surface area contributed by atoms with E-state index < -0.39 is 6.04 Å². The largest absolute Gasteiger partial charge is 0.497 e. The zero-order chi connectivity index (χ0) is 24.2. The second kappa shape index (κ2) is 9.89. The van der Waals surface area contributed by atoms with Crippen LogP contribution >= 0.6 is 0 Å². The van der Waals surface area contributed by atoms with Crippen molar-refractivity contribution in [1.29, 1.82) is 0 Å². The van der Waals surface area contributed by atoms with E-state index in [1.54, 1.807) is 30.2 Å². The van der Waals surface area contributed by atoms with Crippen LogP contribution in [0.1, 0.15) is 23.2 Å². The first-order valence-electron chi connectivity index (χ1n) is 11.6. The van der Waals surface area contributed by atoms with Crippen molar-refractivity contribution in [3.8, 4) is 17.2 Å². The quantitative estimate of drug-likeness (QED) is 0.385. The van der Waals surface area contributed by atoms with Gasteiger partial charge in [0.1, 0.15) is 17.5 Å². The first kappa shape index (κ1) is 22.5. The molecular weight excluding hydrogens is 440 g/mol. The van der Waals surface area contributed by atoms with Crippen LogP contribution in [-0.2, 0) is 4.79 Å². The van der Waals surface area contributed by atoms with Crippen molar-refractivity contribution in [1.82, 2.24) is 4.90 Å². The molecule has 1 aliphatic heterocycles. The fraction of sp³-hybridized carbons (Fsp3) is 0.172. The summed E-state index contributed by atoms with van der Waals surface area (Å²) in [6.07, 6.45) is 1.39. The van der Waals surface area contributed by atoms with Crippen LogP contribution in [-0.4, -0.2) is 36.4 Å². The molecule has 6 nitrogen and oxygen atoms in total. The van der Waals surface area contributed by atoms with E-state index in [0.717, 1.165) is 17.2 Å². The van der Waals surface area contributed by atoms with Crippen molar-refractivity contribution in [2.24, 2.45) is 0 Å². The van der Waals surface area contributed by atoms with Gasteiger partial charge in [-0.15, -0.1) is 0 Å². The minimum absolute atomic E-state index is 0.125. The number of para-hydroxylation sites is 2. The smallest absolute Gasteiger partial charge is 0.255 e. The third-order valence-corrected chi connectivity index (χ3v) is 6.25. The van der Waals surface area contributed by atoms with Crippen molar-refractivity contribution in [2.45, 2.75) is 18.9 Å². The van der Waals surface area contributed by atoms with Crippen molar-refractivity contribution >= 4 is 28.3 Å². The van der Waals surface area contributed by atoms with Crippen LogP contribution in [0, 0.1) is 0 Å². The van der Waals surface area contributed by atoms with Crippen molar-refractivity contribution in [3.05, 3.63) is 96.6 Å². The lowest BCUT2D eigenvalue weighted by atomic mass is 10.0. The van der Waals surface area contributed by atoms with Gasteiger partial charge in [0, 0.05) is 18.2 Å². The van der Waals surface area contributed by atoms with E-state index in [9.17, 15) is 9.59 Å². The Labute approximate surface area is 204 Å². The molecule has 0 spiro atoms. The van der Waals surface area contributed by atoms with Gasteiger partial charge >= 0.3 is 0 Å². The molecule has 176 valence electrons. The Morgan fingerprint density at radius 1 is 0.886 bits per heavy atom. The summed E-state index contributed by atoms with van der Waals surface area (Å²) in [5.74, 6) is 1.44. The van der Waals surface area contributed by atoms with E-state index in [1.165, 1.54) is 0 Å². The zero-order valence-corrected chi connectivity index (χ0v) is 19.4. The molecule has 5 rings (SSSR count). The summed E-state index contributed by atoms with van der Waals surface area (Å²) in [5, 5.41) is 4.88. The summed E-state index contributed by atoms with van der Waals surface area (Å²) < 4.78 is 11.3. The van der Waals surface area contributed by atoms with Crippen molar-refractivity contribution in [3.63, 3.8) is 0 Å². The van der Waals surface area contributed by atoms with E-state index in [2.05, 4.69) is 5.32 Å². The lowest BCUT2D eigenvalue weighted by Crippen LogP contribution is -2.43. The summed E-state index contributed by atoms with van der Waals surface area (Å²) in [5.41, 5.74) is 1.16. The lowest BCUT2D eigenvalue weighted by molar-refractivity contribution is -0.119. The van der Waals surface area contributed by atoms with Gasteiger partial charge in [-0.1, -0.05) is 54.6 Å². The highest BCUT2D eigenvalue weighted by molar-refractivity contribution is 6.09. The maximum Gasteiger partial charge on any atom is 0.255 e. The second-order valence-corrected chi connectivity index (χ2v) is 8.45. The second-order valence-electron chi connectivity index (χ2n) is 8.45. The summed E-state index contributed by atoms with van der Waals surface area (Å²) in [6.45, 7) is 0.544. The van der Waals surface area contributed by atoms with Gasteiger partial charge in [0.15, 0.2) is 5.75 Å². The number of methoxy groups -OCH3 is 1. The summed E-state index contributed by atoms with van der Waals surface area (Å²) >= 11 is 0. The van der Waals surface area contributed by atoms with Gasteiger partial charge in [-0.05, 0) is 53.9 Å². The van der Waals surface area contributed by atoms with E-state index in [1.807, 2.05) is 72.8 Å². The number of hydrogen-bond acceptors (Lipinski definition) is 4. The number of nitrogens with zero attached hydrogens (tertiary/aromatic N) is 1. The number of hydrogen-bond donors (Lipinski definition) is 1. The molecule has 6 heteroatoms. The Hall–Kier alpha value is -4.32. The molecule has 1 saturated heterocycles. The number of amides is 2. The number of anilines is 1. The Morgan fingerprint density at radius 2 is 1.63 bits per heavy atom. The molecule has 0 saturated carbocycles. The van der Waals surface area contributed by atoms with Gasteiger partial charge < -0.3 is 19.7 Å². The first-order valence-corrected chi connectivity index (χ1v) is 11.6. The van der Waals surface area contributed by atoms with E-state index in [-0.39, 0.29) is 11.8 Å². The molecule has 2 amide bonds. The van der Waals surface area contributed by atoms with Crippen molar-refractivity contribution in [2.75, 3.05) is 19.0 Å². The predicted octanol–water partition coefficient (Wildman–Crippen LogP) is 5.88. The predicted molar refractivity (Wildman–Crippen MR) is 136 cm³/mol. The third kappa shape index (κ3) is 4.68. The molecular formula is C29H26N2O4. The number of benzene rings is 4. The van der Waals surface area contributed by atoms with Crippen LogP contribution in [0.25, 0.3) is 10.8 Å². The minimum Gasteiger partial charge on any atom is -0.497 e. The van der Waals surface area contributed by atoms with Crippen LogP contribution in [0.2, 0.25) is 0 Å². The normalized spacial score (nSPS) is 15.1. The fourth-order valence-electron chi connectivity index (χ4n) is 4.52. The molecule has 1 N–H and O–H groups in total. The first-order chi connectivity index (χ1) is 17.1. The number of fused-ring (bicyclic) bond motifs is 1. The Morgan fingerprint density at radius 3 is 2.51 bits per heavy atom. The molecule has 1 unspecified atom stereocenters. The summed E-state index contributed by atoms with van der Waals surface area (Å²) in [6, 6.07) is 27.5. The SMILES string of the molecule is COc1cccc(Oc2ccccc2NC(=O)C2CCCN2C(=O)c2cccc3ccccc23)c1. The van der Waals surface area contributed by atoms with E-state index >= 15 is 0 Å². The Balaban J connectivity index is 1.36. The van der Waals surface area contributed by atoms with E-state index in [4.69, 9.17) is 9.47 Å². The number of rotatable bonds is 6. The molecule has 0 aromatic heterocycles. The Bertz CT molecular complexity index is 1380. The number of nitrogens with one attached hydrogen (secondary N) is 1. The third-order valence-electron chi connectivity index (χ3n) is 6.25. The summed E-state index contributed by atoms with van der Waals surface area (Å²) in [4.78, 5) is 28.5. The van der Waals surface area contributed by atoms with Gasteiger partial charge in [0.2, 0.25) is 5.91 Å². The molecule has 0 bridgehead atoms. The van der Waals surface area contributed by atoms with Gasteiger partial charge in [-0.3, -0.25) is 9.59 Å². The van der Waals surface area contributed by atoms with Gasteiger partial charge in [-0.25, -0.2) is 0 Å². The number of carbonyl (C=O) groups is 2. The van der Waals surface area contributed by atoms with Crippen LogP contribution in [0.4, 0.5) is 5.69 Å². The average Bonchev–Trinajstić information content (AvgIpc) is 3.39. The number of likely N-dealkylation sites (tertiary alicyclic amines) is 1. The van der Waals surface area contributed by atoms with E-state index in [0.29, 0.717) is 41.5 Å². The molecule has 1 aliphatic rings. The monoisotopic (exact) mass is 466 g/mol. The van der Waals surface area contributed by atoms with Gasteiger partial charge in [0.05, 0.1) is 12.8 Å². The van der Waals surface area contributed by atoms with Gasteiger partial charge in [0.25, 0.3) is 5.91 Å². The van der Waals surface area contributed by atoms with Crippen LogP contribution in [0.3, 0.4) is 0 Å². The molecule has 1 heterocycles. The minimum atomic E-state index is -0.550. The average molecular weight is 467 g/mol. The number of ether oxygens (including phenoxy) is 2. The Kier molecular flexibility index (Phi) is 6.35. The summed E-state index contributed by atoms with van der Waals surface area (Å²) in [7, 11) is 1.60. The number of carbonyl (C=O) groups excluding carboxylic acids is 2. The molecule has 4 aromatic carbocycles. The highest BCUT2D eigenvalue weighted by atomic mass is 16.5. The van der Waals surface area contributed by atoms with Crippen molar-refractivity contribution < 1.29 is 19.1 Å². The maximum atomic E-state index is 13.5. The van der Waals surface area contributed by atoms with Crippen LogP contribution < -0.4 is 14.8 Å². The molecule has 0 aliphatic carbocycles. The lowest BCUT2D eigenvalue weighted by Gasteiger charge is -2.25. The molecule has 1 atom stereocenters. The molecule has 35 heavy (non-hydrogen) atoms. The molecule has 4 aromatic rings. The zero-order valence-electron chi connectivity index (χ0n) is 19.4. The molecule has 0 radical (unpaired) electrons. The van der Waals surface area contributed by atoms with Gasteiger partial charge in [-0.2, -0.15) is 0 Å². The topological polar surface area (TPSA) is 67.9 Å².